The fraction of sp³-hybridized carbons (Fsp3) is 0.0667. The normalized spacial score (nSPS) is 10.9. The number of pyridine rings is 1. The molecule has 0 radical (unpaired) electrons. The minimum atomic E-state index is -0.999. The van der Waals surface area contributed by atoms with Gasteiger partial charge in [0.15, 0.2) is 0 Å². The first kappa shape index (κ1) is 13.1. The summed E-state index contributed by atoms with van der Waals surface area (Å²) in [6, 6.07) is 8.81. The monoisotopic (exact) mass is 303 g/mol. The average molecular weight is 304 g/mol. The average Bonchev–Trinajstić information content (AvgIpc) is 2.84. The molecule has 3 aromatic rings. The minimum Gasteiger partial charge on any atom is -0.478 e. The maximum Gasteiger partial charge on any atom is 0.336 e. The van der Waals surface area contributed by atoms with Crippen LogP contribution in [-0.2, 0) is 0 Å². The van der Waals surface area contributed by atoms with Gasteiger partial charge in [-0.25, -0.2) is 9.78 Å². The van der Waals surface area contributed by atoms with Crippen molar-refractivity contribution in [2.75, 3.05) is 0 Å². The molecule has 1 aromatic carbocycles. The maximum absolute atomic E-state index is 11.5. The van der Waals surface area contributed by atoms with Gasteiger partial charge in [-0.2, -0.15) is 0 Å². The Balaban J connectivity index is 2.38. The van der Waals surface area contributed by atoms with Crippen molar-refractivity contribution in [2.45, 2.75) is 6.92 Å². The van der Waals surface area contributed by atoms with E-state index in [1.807, 2.05) is 18.4 Å². The van der Waals surface area contributed by atoms with Crippen LogP contribution in [0.1, 0.15) is 15.9 Å². The number of thiophene rings is 1. The molecular weight excluding hydrogens is 294 g/mol. The van der Waals surface area contributed by atoms with Crippen LogP contribution in [0.3, 0.4) is 0 Å². The Labute approximate surface area is 124 Å². The summed E-state index contributed by atoms with van der Waals surface area (Å²) in [7, 11) is 0. The number of rotatable bonds is 2. The topological polar surface area (TPSA) is 50.2 Å². The summed E-state index contributed by atoms with van der Waals surface area (Å²) in [5.74, 6) is -0.999. The van der Waals surface area contributed by atoms with Gasteiger partial charge in [0.2, 0.25) is 0 Å². The zero-order valence-electron chi connectivity index (χ0n) is 10.6. The molecule has 2 heterocycles. The number of fused-ring (bicyclic) bond motifs is 1. The first-order valence-corrected chi connectivity index (χ1v) is 7.20. The highest BCUT2D eigenvalue weighted by molar-refractivity contribution is 7.13. The standard InChI is InChI=1S/C15H10ClNO2S/c1-8-5-6-20-14(8)12-7-9(15(18)19)13-10(16)3-2-4-11(13)17-12/h2-7H,1H3,(H,18,19). The highest BCUT2D eigenvalue weighted by Crippen LogP contribution is 2.33. The number of nitrogens with zero attached hydrogens (tertiary/aromatic N) is 1. The van der Waals surface area contributed by atoms with Gasteiger partial charge in [-0.05, 0) is 42.1 Å². The molecule has 0 bridgehead atoms. The number of aromatic carboxylic acids is 1. The maximum atomic E-state index is 11.5. The summed E-state index contributed by atoms with van der Waals surface area (Å²) in [4.78, 5) is 17.0. The SMILES string of the molecule is Cc1ccsc1-c1cc(C(=O)O)c2c(Cl)cccc2n1. The predicted molar refractivity (Wildman–Crippen MR) is 81.8 cm³/mol. The smallest absolute Gasteiger partial charge is 0.336 e. The van der Waals surface area contributed by atoms with Crippen molar-refractivity contribution in [3.63, 3.8) is 0 Å². The Morgan fingerprint density at radius 1 is 1.35 bits per heavy atom. The summed E-state index contributed by atoms with van der Waals surface area (Å²) < 4.78 is 0. The van der Waals surface area contributed by atoms with Gasteiger partial charge in [-0.15, -0.1) is 11.3 Å². The van der Waals surface area contributed by atoms with E-state index in [0.717, 1.165) is 10.4 Å². The summed E-state index contributed by atoms with van der Waals surface area (Å²) in [5, 5.41) is 12.3. The van der Waals surface area contributed by atoms with Crippen LogP contribution in [0.25, 0.3) is 21.5 Å². The van der Waals surface area contributed by atoms with Crippen LogP contribution in [0.15, 0.2) is 35.7 Å². The molecule has 0 spiro atoms. The quantitative estimate of drug-likeness (QED) is 0.751. The fourth-order valence-electron chi connectivity index (χ4n) is 2.16. The van der Waals surface area contributed by atoms with Crippen molar-refractivity contribution in [2.24, 2.45) is 0 Å². The van der Waals surface area contributed by atoms with Crippen molar-refractivity contribution < 1.29 is 9.90 Å². The zero-order chi connectivity index (χ0) is 14.3. The molecule has 3 nitrogen and oxygen atoms in total. The molecule has 1 N–H and O–H groups in total. The number of benzene rings is 1. The minimum absolute atomic E-state index is 0.184. The molecular formula is C15H10ClNO2S. The number of hydrogen-bond donors (Lipinski definition) is 1. The molecule has 0 aliphatic heterocycles. The number of hydrogen-bond acceptors (Lipinski definition) is 3. The van der Waals surface area contributed by atoms with Crippen LogP contribution < -0.4 is 0 Å². The van der Waals surface area contributed by atoms with E-state index in [1.54, 1.807) is 35.6 Å². The number of aryl methyl sites for hydroxylation is 1. The lowest BCUT2D eigenvalue weighted by Crippen LogP contribution is -2.00. The second-order valence-electron chi connectivity index (χ2n) is 4.43. The van der Waals surface area contributed by atoms with Crippen molar-refractivity contribution in [1.82, 2.24) is 4.98 Å². The summed E-state index contributed by atoms with van der Waals surface area (Å²) >= 11 is 7.66. The van der Waals surface area contributed by atoms with Crippen molar-refractivity contribution in [1.29, 1.82) is 0 Å². The number of carbonyl (C=O) groups is 1. The number of carboxylic acids is 1. The van der Waals surface area contributed by atoms with Gasteiger partial charge in [-0.1, -0.05) is 17.7 Å². The Morgan fingerprint density at radius 2 is 2.15 bits per heavy atom. The second-order valence-corrected chi connectivity index (χ2v) is 5.75. The molecule has 0 atom stereocenters. The van der Waals surface area contributed by atoms with Crippen LogP contribution in [0.2, 0.25) is 5.02 Å². The molecule has 0 saturated heterocycles. The van der Waals surface area contributed by atoms with E-state index in [-0.39, 0.29) is 5.56 Å². The molecule has 5 heteroatoms. The Morgan fingerprint density at radius 3 is 2.80 bits per heavy atom. The molecule has 2 aromatic heterocycles. The molecule has 100 valence electrons. The Hall–Kier alpha value is -1.91. The zero-order valence-corrected chi connectivity index (χ0v) is 12.1. The molecule has 0 fully saturated rings. The van der Waals surface area contributed by atoms with E-state index < -0.39 is 5.97 Å². The summed E-state index contributed by atoms with van der Waals surface area (Å²) in [6.45, 7) is 1.98. The second kappa shape index (κ2) is 4.89. The van der Waals surface area contributed by atoms with E-state index in [1.165, 1.54) is 0 Å². The molecule has 0 aliphatic rings. The molecule has 0 unspecified atom stereocenters. The third-order valence-corrected chi connectivity index (χ3v) is 4.46. The van der Waals surface area contributed by atoms with E-state index >= 15 is 0 Å². The van der Waals surface area contributed by atoms with Crippen LogP contribution in [0.5, 0.6) is 0 Å². The van der Waals surface area contributed by atoms with Gasteiger partial charge in [0, 0.05) is 5.39 Å². The summed E-state index contributed by atoms with van der Waals surface area (Å²) in [5.41, 5.74) is 2.54. The van der Waals surface area contributed by atoms with Crippen LogP contribution in [0.4, 0.5) is 0 Å². The molecule has 0 aliphatic carbocycles. The van der Waals surface area contributed by atoms with Crippen LogP contribution >= 0.6 is 22.9 Å². The van der Waals surface area contributed by atoms with Gasteiger partial charge in [-0.3, -0.25) is 0 Å². The lowest BCUT2D eigenvalue weighted by Gasteiger charge is -2.08. The van der Waals surface area contributed by atoms with Gasteiger partial charge in [0.05, 0.1) is 26.7 Å². The van der Waals surface area contributed by atoms with E-state index in [0.29, 0.717) is 21.6 Å². The Bertz CT molecular complexity index is 826. The number of carboxylic acid groups (broad SMARTS) is 1. The van der Waals surface area contributed by atoms with Crippen LogP contribution in [-0.4, -0.2) is 16.1 Å². The number of aromatic nitrogens is 1. The van der Waals surface area contributed by atoms with Gasteiger partial charge in [0.25, 0.3) is 0 Å². The molecule has 20 heavy (non-hydrogen) atoms. The Kier molecular flexibility index (Phi) is 3.20. The number of halogens is 1. The lowest BCUT2D eigenvalue weighted by molar-refractivity contribution is 0.0699. The third kappa shape index (κ3) is 2.07. The first-order chi connectivity index (χ1) is 9.58. The molecule has 3 rings (SSSR count). The highest BCUT2D eigenvalue weighted by atomic mass is 35.5. The largest absolute Gasteiger partial charge is 0.478 e. The van der Waals surface area contributed by atoms with Gasteiger partial charge < -0.3 is 5.11 Å². The highest BCUT2D eigenvalue weighted by Gasteiger charge is 2.16. The molecule has 0 amide bonds. The summed E-state index contributed by atoms with van der Waals surface area (Å²) in [6.07, 6.45) is 0. The first-order valence-electron chi connectivity index (χ1n) is 5.95. The van der Waals surface area contributed by atoms with E-state index in [9.17, 15) is 9.90 Å². The third-order valence-electron chi connectivity index (χ3n) is 3.11. The van der Waals surface area contributed by atoms with Crippen molar-refractivity contribution in [3.8, 4) is 10.6 Å². The van der Waals surface area contributed by atoms with E-state index in [4.69, 9.17) is 11.6 Å². The van der Waals surface area contributed by atoms with Crippen molar-refractivity contribution >= 4 is 39.8 Å². The van der Waals surface area contributed by atoms with Crippen molar-refractivity contribution in [3.05, 3.63) is 51.9 Å². The van der Waals surface area contributed by atoms with Gasteiger partial charge in [0.1, 0.15) is 0 Å². The predicted octanol–water partition coefficient (Wildman–Crippen LogP) is 4.62. The lowest BCUT2D eigenvalue weighted by atomic mass is 10.1. The molecule has 0 saturated carbocycles. The van der Waals surface area contributed by atoms with Gasteiger partial charge >= 0.3 is 5.97 Å². The van der Waals surface area contributed by atoms with Crippen LogP contribution in [0, 0.1) is 6.92 Å². The van der Waals surface area contributed by atoms with E-state index in [2.05, 4.69) is 4.98 Å². The fourth-order valence-corrected chi connectivity index (χ4v) is 3.32.